The second-order valence-electron chi connectivity index (χ2n) is 6.76. The molecule has 0 aliphatic carbocycles. The number of carbonyl (C=O) groups is 1. The molecule has 1 amide bonds. The zero-order valence-corrected chi connectivity index (χ0v) is 18.0. The predicted octanol–water partition coefficient (Wildman–Crippen LogP) is 4.04. The van der Waals surface area contributed by atoms with E-state index in [1.165, 1.54) is 4.90 Å². The van der Waals surface area contributed by atoms with Crippen molar-refractivity contribution in [2.75, 3.05) is 20.3 Å². The average molecular weight is 430 g/mol. The molecule has 0 atom stereocenters. The number of aromatic nitrogens is 2. The Morgan fingerprint density at radius 3 is 2.70 bits per heavy atom. The minimum absolute atomic E-state index is 0.134. The number of carbonyl (C=O) groups excluding carboxylic acids is 1. The molecule has 0 unspecified atom stereocenters. The summed E-state index contributed by atoms with van der Waals surface area (Å²) in [6.07, 6.45) is 0.822. The molecule has 0 aliphatic heterocycles. The van der Waals surface area contributed by atoms with Gasteiger partial charge in [0.05, 0.1) is 35.7 Å². The number of hydrogen-bond acceptors (Lipinski definition) is 5. The standard InChI is InChI=1S/C22H24ClN3O4/c1-4-10-30-20-16(23)11-14(12-18(20)29-5-2)22(28)26(3)13-19-24-17-9-7-6-8-15(17)21(27)25-19/h6-9,11-12H,4-5,10,13H2,1-3H3,(H,24,25,27). The normalized spacial score (nSPS) is 10.8. The summed E-state index contributed by atoms with van der Waals surface area (Å²) in [5.41, 5.74) is 0.699. The quantitative estimate of drug-likeness (QED) is 0.584. The number of para-hydroxylation sites is 1. The van der Waals surface area contributed by atoms with E-state index in [0.29, 0.717) is 52.0 Å². The first-order valence-electron chi connectivity index (χ1n) is 9.77. The number of ether oxygens (including phenoxy) is 2. The van der Waals surface area contributed by atoms with E-state index in [9.17, 15) is 9.59 Å². The summed E-state index contributed by atoms with van der Waals surface area (Å²) in [5.74, 6) is 0.969. The number of fused-ring (bicyclic) bond motifs is 1. The van der Waals surface area contributed by atoms with Gasteiger partial charge in [0.25, 0.3) is 11.5 Å². The maximum absolute atomic E-state index is 13.0. The first kappa shape index (κ1) is 21.6. The van der Waals surface area contributed by atoms with E-state index in [4.69, 9.17) is 21.1 Å². The molecule has 2 aromatic carbocycles. The van der Waals surface area contributed by atoms with Gasteiger partial charge in [0.2, 0.25) is 0 Å². The SMILES string of the molecule is CCCOc1c(Cl)cc(C(=O)N(C)Cc2nc3ccccc3c(=O)[nH]2)cc1OCC. The highest BCUT2D eigenvalue weighted by Crippen LogP contribution is 2.37. The van der Waals surface area contributed by atoms with Gasteiger partial charge in [0.15, 0.2) is 11.5 Å². The molecule has 0 bridgehead atoms. The van der Waals surface area contributed by atoms with Gasteiger partial charge in [-0.15, -0.1) is 0 Å². The van der Waals surface area contributed by atoms with Crippen molar-refractivity contribution in [2.45, 2.75) is 26.8 Å². The molecule has 3 aromatic rings. The molecule has 158 valence electrons. The van der Waals surface area contributed by atoms with E-state index in [-0.39, 0.29) is 18.0 Å². The molecule has 0 spiro atoms. The van der Waals surface area contributed by atoms with Gasteiger partial charge < -0.3 is 19.4 Å². The minimum atomic E-state index is -0.282. The maximum Gasteiger partial charge on any atom is 0.258 e. The van der Waals surface area contributed by atoms with Crippen LogP contribution in [0.4, 0.5) is 0 Å². The number of halogens is 1. The van der Waals surface area contributed by atoms with E-state index >= 15 is 0 Å². The van der Waals surface area contributed by atoms with Crippen molar-refractivity contribution in [1.82, 2.24) is 14.9 Å². The number of nitrogens with zero attached hydrogens (tertiary/aromatic N) is 2. The summed E-state index contributed by atoms with van der Waals surface area (Å²) in [7, 11) is 1.63. The maximum atomic E-state index is 13.0. The van der Waals surface area contributed by atoms with Crippen LogP contribution in [0.1, 0.15) is 36.5 Å². The van der Waals surface area contributed by atoms with Crippen molar-refractivity contribution in [2.24, 2.45) is 0 Å². The fourth-order valence-corrected chi connectivity index (χ4v) is 3.29. The van der Waals surface area contributed by atoms with Gasteiger partial charge in [-0.1, -0.05) is 30.7 Å². The molecule has 0 saturated carbocycles. The number of nitrogens with one attached hydrogen (secondary N) is 1. The number of amides is 1. The lowest BCUT2D eigenvalue weighted by atomic mass is 10.1. The van der Waals surface area contributed by atoms with E-state index in [0.717, 1.165) is 6.42 Å². The third-order valence-electron chi connectivity index (χ3n) is 4.40. The smallest absolute Gasteiger partial charge is 0.258 e. The van der Waals surface area contributed by atoms with Crippen LogP contribution < -0.4 is 15.0 Å². The van der Waals surface area contributed by atoms with E-state index < -0.39 is 0 Å². The van der Waals surface area contributed by atoms with Gasteiger partial charge in [-0.2, -0.15) is 0 Å². The third kappa shape index (κ3) is 4.74. The molecule has 0 fully saturated rings. The third-order valence-corrected chi connectivity index (χ3v) is 4.68. The van der Waals surface area contributed by atoms with Crippen molar-refractivity contribution in [1.29, 1.82) is 0 Å². The lowest BCUT2D eigenvalue weighted by Gasteiger charge is -2.19. The van der Waals surface area contributed by atoms with E-state index in [1.807, 2.05) is 19.9 Å². The number of benzene rings is 2. The predicted molar refractivity (Wildman–Crippen MR) is 117 cm³/mol. The van der Waals surface area contributed by atoms with Crippen molar-refractivity contribution < 1.29 is 14.3 Å². The van der Waals surface area contributed by atoms with Crippen LogP contribution in [-0.2, 0) is 6.54 Å². The average Bonchev–Trinajstić information content (AvgIpc) is 2.72. The molecule has 1 heterocycles. The second kappa shape index (κ2) is 9.63. The van der Waals surface area contributed by atoms with Crippen LogP contribution in [0, 0.1) is 0 Å². The Bertz CT molecular complexity index is 1110. The Labute approximate surface area is 179 Å². The Balaban J connectivity index is 1.86. The molecule has 1 aromatic heterocycles. The van der Waals surface area contributed by atoms with Crippen LogP contribution in [0.5, 0.6) is 11.5 Å². The van der Waals surface area contributed by atoms with Crippen LogP contribution in [0.15, 0.2) is 41.2 Å². The second-order valence-corrected chi connectivity index (χ2v) is 7.16. The molecule has 0 radical (unpaired) electrons. The summed E-state index contributed by atoms with van der Waals surface area (Å²) in [4.78, 5) is 33.9. The highest BCUT2D eigenvalue weighted by molar-refractivity contribution is 6.32. The molecule has 30 heavy (non-hydrogen) atoms. The number of rotatable bonds is 8. The lowest BCUT2D eigenvalue weighted by Crippen LogP contribution is -2.28. The fraction of sp³-hybridized carbons (Fsp3) is 0.318. The van der Waals surface area contributed by atoms with Crippen LogP contribution >= 0.6 is 11.6 Å². The number of aromatic amines is 1. The topological polar surface area (TPSA) is 84.5 Å². The van der Waals surface area contributed by atoms with Gasteiger partial charge in [-0.05, 0) is 37.6 Å². The van der Waals surface area contributed by atoms with Gasteiger partial charge in [-0.25, -0.2) is 4.98 Å². The molecular formula is C22H24ClN3O4. The molecule has 8 heteroatoms. The fourth-order valence-electron chi connectivity index (χ4n) is 3.03. The van der Waals surface area contributed by atoms with Crippen molar-refractivity contribution in [3.05, 3.63) is 63.2 Å². The monoisotopic (exact) mass is 429 g/mol. The lowest BCUT2D eigenvalue weighted by molar-refractivity contribution is 0.0781. The van der Waals surface area contributed by atoms with Crippen LogP contribution in [0.2, 0.25) is 5.02 Å². The van der Waals surface area contributed by atoms with E-state index in [1.54, 1.807) is 37.4 Å². The van der Waals surface area contributed by atoms with Crippen LogP contribution in [0.25, 0.3) is 10.9 Å². The van der Waals surface area contributed by atoms with E-state index in [2.05, 4.69) is 9.97 Å². The highest BCUT2D eigenvalue weighted by atomic mass is 35.5. The van der Waals surface area contributed by atoms with Crippen molar-refractivity contribution in [3.63, 3.8) is 0 Å². The summed E-state index contributed by atoms with van der Waals surface area (Å²) in [6.45, 7) is 4.88. The molecular weight excluding hydrogens is 406 g/mol. The first-order chi connectivity index (χ1) is 14.4. The zero-order chi connectivity index (χ0) is 21.7. The van der Waals surface area contributed by atoms with Crippen LogP contribution in [0.3, 0.4) is 0 Å². The summed E-state index contributed by atoms with van der Waals surface area (Å²) in [5, 5.41) is 0.814. The first-order valence-corrected chi connectivity index (χ1v) is 10.1. The highest BCUT2D eigenvalue weighted by Gasteiger charge is 2.19. The molecule has 0 saturated heterocycles. The number of H-pyrrole nitrogens is 1. The molecule has 7 nitrogen and oxygen atoms in total. The van der Waals surface area contributed by atoms with Gasteiger partial charge in [0.1, 0.15) is 5.82 Å². The number of hydrogen-bond donors (Lipinski definition) is 1. The molecule has 1 N–H and O–H groups in total. The van der Waals surface area contributed by atoms with Gasteiger partial charge in [-0.3, -0.25) is 9.59 Å². The zero-order valence-electron chi connectivity index (χ0n) is 17.2. The minimum Gasteiger partial charge on any atom is -0.490 e. The summed E-state index contributed by atoms with van der Waals surface area (Å²) < 4.78 is 11.3. The molecule has 0 aliphatic rings. The van der Waals surface area contributed by atoms with Crippen molar-refractivity contribution >= 4 is 28.4 Å². The Hall–Kier alpha value is -3.06. The van der Waals surface area contributed by atoms with Crippen LogP contribution in [-0.4, -0.2) is 41.0 Å². The summed E-state index contributed by atoms with van der Waals surface area (Å²) >= 11 is 6.37. The largest absolute Gasteiger partial charge is 0.490 e. The summed E-state index contributed by atoms with van der Waals surface area (Å²) in [6, 6.07) is 10.2. The van der Waals surface area contributed by atoms with Gasteiger partial charge >= 0.3 is 0 Å². The van der Waals surface area contributed by atoms with Gasteiger partial charge in [0, 0.05) is 12.6 Å². The Kier molecular flexibility index (Phi) is 6.95. The molecule has 3 rings (SSSR count). The Morgan fingerprint density at radius 1 is 1.20 bits per heavy atom. The Morgan fingerprint density at radius 2 is 1.97 bits per heavy atom. The van der Waals surface area contributed by atoms with Crippen molar-refractivity contribution in [3.8, 4) is 11.5 Å².